The fourth-order valence-corrected chi connectivity index (χ4v) is 4.74. The van der Waals surface area contributed by atoms with Crippen molar-refractivity contribution in [2.24, 2.45) is 0 Å². The predicted molar refractivity (Wildman–Crippen MR) is 122 cm³/mol. The van der Waals surface area contributed by atoms with Gasteiger partial charge >= 0.3 is 0 Å². The number of para-hydroxylation sites is 1. The number of benzene rings is 1. The number of nitrogens with one attached hydrogen (secondary N) is 1. The van der Waals surface area contributed by atoms with Crippen molar-refractivity contribution in [1.29, 1.82) is 0 Å². The standard InChI is InChI=1S/C24H27FN4S/c1-4-5-14-28-23(22(27-24(28)30)20-11-8-9-13-26-20)18-15-16(2)29(17(18)3)21-12-7-6-10-19(21)25/h6-13,15,22-23H,4-5,14H2,1-3H3,(H,27,30)/t22-,23-/m0/s1. The van der Waals surface area contributed by atoms with Crippen molar-refractivity contribution in [2.45, 2.75) is 45.7 Å². The van der Waals surface area contributed by atoms with Crippen LogP contribution in [0.3, 0.4) is 0 Å². The van der Waals surface area contributed by atoms with E-state index in [0.29, 0.717) is 5.69 Å². The molecule has 1 aromatic carbocycles. The Kier molecular flexibility index (Phi) is 5.86. The topological polar surface area (TPSA) is 33.1 Å². The van der Waals surface area contributed by atoms with E-state index in [1.54, 1.807) is 6.07 Å². The van der Waals surface area contributed by atoms with Crippen LogP contribution in [0.25, 0.3) is 5.69 Å². The Bertz CT molecular complexity index is 1050. The first-order valence-corrected chi connectivity index (χ1v) is 10.9. The Hall–Kier alpha value is -2.73. The van der Waals surface area contributed by atoms with E-state index in [4.69, 9.17) is 12.2 Å². The van der Waals surface area contributed by atoms with Gasteiger partial charge in [-0.05, 0) is 68.4 Å². The molecule has 156 valence electrons. The Labute approximate surface area is 182 Å². The van der Waals surface area contributed by atoms with E-state index in [1.165, 1.54) is 6.07 Å². The van der Waals surface area contributed by atoms with Crippen molar-refractivity contribution in [3.63, 3.8) is 0 Å². The minimum Gasteiger partial charge on any atom is -0.352 e. The molecule has 0 saturated carbocycles. The number of unbranched alkanes of at least 4 members (excludes halogenated alkanes) is 1. The van der Waals surface area contributed by atoms with Crippen LogP contribution in [0.2, 0.25) is 0 Å². The van der Waals surface area contributed by atoms with Crippen LogP contribution >= 0.6 is 12.2 Å². The molecular formula is C24H27FN4S. The van der Waals surface area contributed by atoms with Crippen LogP contribution in [0.5, 0.6) is 0 Å². The molecule has 1 aliphatic rings. The molecule has 0 radical (unpaired) electrons. The predicted octanol–water partition coefficient (Wildman–Crippen LogP) is 5.40. The van der Waals surface area contributed by atoms with Gasteiger partial charge in [-0.1, -0.05) is 31.5 Å². The molecule has 0 aliphatic carbocycles. The van der Waals surface area contributed by atoms with Crippen LogP contribution in [-0.2, 0) is 0 Å². The Morgan fingerprint density at radius 1 is 1.13 bits per heavy atom. The molecule has 2 atom stereocenters. The summed E-state index contributed by atoms with van der Waals surface area (Å²) in [6.07, 6.45) is 3.96. The van der Waals surface area contributed by atoms with Crippen LogP contribution in [0.1, 0.15) is 54.5 Å². The van der Waals surface area contributed by atoms with Gasteiger partial charge in [0, 0.05) is 24.1 Å². The molecule has 3 aromatic rings. The summed E-state index contributed by atoms with van der Waals surface area (Å²) in [4.78, 5) is 6.87. The van der Waals surface area contributed by atoms with Gasteiger partial charge in [0.1, 0.15) is 5.82 Å². The van der Waals surface area contributed by atoms with Crippen molar-refractivity contribution in [3.8, 4) is 5.69 Å². The second-order valence-corrected chi connectivity index (χ2v) is 8.17. The van der Waals surface area contributed by atoms with Crippen LogP contribution in [0.15, 0.2) is 54.7 Å². The normalized spacial score (nSPS) is 18.7. The molecular weight excluding hydrogens is 395 g/mol. The van der Waals surface area contributed by atoms with Gasteiger partial charge in [-0.15, -0.1) is 0 Å². The van der Waals surface area contributed by atoms with Gasteiger partial charge in [-0.3, -0.25) is 4.98 Å². The Morgan fingerprint density at radius 2 is 1.90 bits per heavy atom. The Morgan fingerprint density at radius 3 is 2.60 bits per heavy atom. The number of hydrogen-bond donors (Lipinski definition) is 1. The molecule has 3 heterocycles. The van der Waals surface area contributed by atoms with Crippen molar-refractivity contribution < 1.29 is 4.39 Å². The average molecular weight is 423 g/mol. The molecule has 0 spiro atoms. The molecule has 4 nitrogen and oxygen atoms in total. The molecule has 0 amide bonds. The maximum absolute atomic E-state index is 14.6. The van der Waals surface area contributed by atoms with Gasteiger partial charge in [0.15, 0.2) is 5.11 Å². The molecule has 2 aromatic heterocycles. The summed E-state index contributed by atoms with van der Waals surface area (Å²) in [7, 11) is 0. The molecule has 1 saturated heterocycles. The lowest BCUT2D eigenvalue weighted by Crippen LogP contribution is -2.30. The highest BCUT2D eigenvalue weighted by atomic mass is 32.1. The van der Waals surface area contributed by atoms with Crippen molar-refractivity contribution in [1.82, 2.24) is 19.8 Å². The molecule has 6 heteroatoms. The fourth-order valence-electron chi connectivity index (χ4n) is 4.40. The zero-order valence-electron chi connectivity index (χ0n) is 17.6. The van der Waals surface area contributed by atoms with E-state index in [0.717, 1.165) is 47.1 Å². The Balaban J connectivity index is 1.83. The lowest BCUT2D eigenvalue weighted by Gasteiger charge is -2.28. The minimum absolute atomic E-state index is 0.00525. The first-order valence-electron chi connectivity index (χ1n) is 10.4. The van der Waals surface area contributed by atoms with Crippen LogP contribution in [0, 0.1) is 19.7 Å². The minimum atomic E-state index is -0.227. The first-order chi connectivity index (χ1) is 14.5. The highest BCUT2D eigenvalue weighted by molar-refractivity contribution is 7.80. The lowest BCUT2D eigenvalue weighted by atomic mass is 9.96. The number of nitrogens with zero attached hydrogens (tertiary/aromatic N) is 3. The highest BCUT2D eigenvalue weighted by Crippen LogP contribution is 2.41. The van der Waals surface area contributed by atoms with Crippen molar-refractivity contribution in [2.75, 3.05) is 6.54 Å². The van der Waals surface area contributed by atoms with Gasteiger partial charge in [-0.25, -0.2) is 4.39 Å². The summed E-state index contributed by atoms with van der Waals surface area (Å²) in [6, 6.07) is 15.0. The first kappa shape index (κ1) is 20.5. The number of halogens is 1. The number of thiocarbonyl (C=S) groups is 1. The van der Waals surface area contributed by atoms with E-state index in [2.05, 4.69) is 35.1 Å². The lowest BCUT2D eigenvalue weighted by molar-refractivity contribution is 0.312. The monoisotopic (exact) mass is 422 g/mol. The van der Waals surface area contributed by atoms with Gasteiger partial charge in [0.2, 0.25) is 0 Å². The zero-order chi connectivity index (χ0) is 21.3. The fraction of sp³-hybridized carbons (Fsp3) is 0.333. The van der Waals surface area contributed by atoms with E-state index in [9.17, 15) is 4.39 Å². The summed E-state index contributed by atoms with van der Waals surface area (Å²) in [5.74, 6) is -0.227. The average Bonchev–Trinajstić information content (AvgIpc) is 3.23. The van der Waals surface area contributed by atoms with E-state index >= 15 is 0 Å². The van der Waals surface area contributed by atoms with Crippen molar-refractivity contribution >= 4 is 17.3 Å². The highest BCUT2D eigenvalue weighted by Gasteiger charge is 2.41. The molecule has 0 unspecified atom stereocenters. The van der Waals surface area contributed by atoms with Crippen LogP contribution in [-0.4, -0.2) is 26.1 Å². The molecule has 0 bridgehead atoms. The third-order valence-electron chi connectivity index (χ3n) is 5.83. The third kappa shape index (κ3) is 3.60. The van der Waals surface area contributed by atoms with Gasteiger partial charge in [-0.2, -0.15) is 0 Å². The number of rotatable bonds is 6. The largest absolute Gasteiger partial charge is 0.352 e. The summed E-state index contributed by atoms with van der Waals surface area (Å²) < 4.78 is 16.6. The van der Waals surface area contributed by atoms with E-state index in [1.807, 2.05) is 48.0 Å². The smallest absolute Gasteiger partial charge is 0.170 e. The summed E-state index contributed by atoms with van der Waals surface area (Å²) in [5, 5.41) is 4.25. The van der Waals surface area contributed by atoms with E-state index < -0.39 is 0 Å². The van der Waals surface area contributed by atoms with Gasteiger partial charge < -0.3 is 14.8 Å². The van der Waals surface area contributed by atoms with Crippen LogP contribution in [0.4, 0.5) is 4.39 Å². The number of pyridine rings is 1. The van der Waals surface area contributed by atoms with Crippen LogP contribution < -0.4 is 5.32 Å². The molecule has 30 heavy (non-hydrogen) atoms. The summed E-state index contributed by atoms with van der Waals surface area (Å²) in [5.41, 5.74) is 4.70. The second kappa shape index (κ2) is 8.56. The quantitative estimate of drug-likeness (QED) is 0.539. The SMILES string of the molecule is CCCCN1C(=S)N[C@@H](c2ccccn2)[C@@H]1c1cc(C)n(-c2ccccc2F)c1C. The van der Waals surface area contributed by atoms with Gasteiger partial charge in [0.05, 0.1) is 23.5 Å². The molecule has 4 rings (SSSR count). The van der Waals surface area contributed by atoms with Gasteiger partial charge in [0.25, 0.3) is 0 Å². The molecule has 1 aliphatic heterocycles. The summed E-state index contributed by atoms with van der Waals surface area (Å²) >= 11 is 5.73. The maximum atomic E-state index is 14.6. The third-order valence-corrected chi connectivity index (χ3v) is 6.18. The van der Waals surface area contributed by atoms with E-state index in [-0.39, 0.29) is 17.9 Å². The molecule has 1 fully saturated rings. The maximum Gasteiger partial charge on any atom is 0.170 e. The second-order valence-electron chi connectivity index (χ2n) is 7.79. The zero-order valence-corrected chi connectivity index (χ0v) is 18.4. The number of aromatic nitrogens is 2. The van der Waals surface area contributed by atoms with Crippen molar-refractivity contribution in [3.05, 3.63) is 83.2 Å². The summed E-state index contributed by atoms with van der Waals surface area (Å²) in [6.45, 7) is 7.14. The number of aryl methyl sites for hydroxylation is 1. The molecule has 1 N–H and O–H groups in total. The number of hydrogen-bond acceptors (Lipinski definition) is 2.